The van der Waals surface area contributed by atoms with Gasteiger partial charge < -0.3 is 5.32 Å². The van der Waals surface area contributed by atoms with E-state index >= 15 is 0 Å². The second kappa shape index (κ2) is 2.71. The third kappa shape index (κ3) is 1.03. The van der Waals surface area contributed by atoms with Crippen LogP contribution in [0.4, 0.5) is 0 Å². The van der Waals surface area contributed by atoms with Crippen molar-refractivity contribution in [2.24, 2.45) is 0 Å². The van der Waals surface area contributed by atoms with Gasteiger partial charge in [0.05, 0.1) is 5.56 Å². The van der Waals surface area contributed by atoms with Gasteiger partial charge in [-0.1, -0.05) is 11.6 Å². The summed E-state index contributed by atoms with van der Waals surface area (Å²) in [5.74, 6) is -0.0961. The van der Waals surface area contributed by atoms with Crippen molar-refractivity contribution in [1.29, 1.82) is 0 Å². The molecular formula is C7H4BrClN2O. The first-order valence-corrected chi connectivity index (χ1v) is 4.48. The second-order valence-corrected chi connectivity index (χ2v) is 3.65. The van der Waals surface area contributed by atoms with Gasteiger partial charge in [0.15, 0.2) is 0 Å². The van der Waals surface area contributed by atoms with Crippen molar-refractivity contribution in [3.05, 3.63) is 26.9 Å². The maximum absolute atomic E-state index is 11.2. The Balaban J connectivity index is 2.72. The van der Waals surface area contributed by atoms with Gasteiger partial charge in [0.25, 0.3) is 5.91 Å². The molecule has 1 aromatic heterocycles. The minimum atomic E-state index is -0.0961. The van der Waals surface area contributed by atoms with Crippen LogP contribution in [0.2, 0.25) is 5.15 Å². The molecule has 0 radical (unpaired) electrons. The lowest BCUT2D eigenvalue weighted by Crippen LogP contribution is -2.12. The fourth-order valence-electron chi connectivity index (χ4n) is 1.17. The zero-order valence-corrected chi connectivity index (χ0v) is 8.24. The Morgan fingerprint density at radius 2 is 2.42 bits per heavy atom. The lowest BCUT2D eigenvalue weighted by molar-refractivity contribution is 0.0965. The first-order chi connectivity index (χ1) is 5.70. The van der Waals surface area contributed by atoms with E-state index in [0.717, 1.165) is 5.56 Å². The fraction of sp³-hybridized carbons (Fsp3) is 0.143. The van der Waals surface area contributed by atoms with Gasteiger partial charge in [-0.05, 0) is 15.9 Å². The summed E-state index contributed by atoms with van der Waals surface area (Å²) in [5, 5.41) is 3.07. The summed E-state index contributed by atoms with van der Waals surface area (Å²) in [6.07, 6.45) is 1.53. The Labute approximate surface area is 82.3 Å². The van der Waals surface area contributed by atoms with Crippen molar-refractivity contribution < 1.29 is 4.79 Å². The maximum atomic E-state index is 11.2. The summed E-state index contributed by atoms with van der Waals surface area (Å²) in [7, 11) is 0. The highest BCUT2D eigenvalue weighted by Gasteiger charge is 2.24. The van der Waals surface area contributed by atoms with Crippen LogP contribution in [-0.2, 0) is 6.54 Å². The van der Waals surface area contributed by atoms with Crippen LogP contribution >= 0.6 is 27.5 Å². The minimum absolute atomic E-state index is 0.0961. The van der Waals surface area contributed by atoms with Crippen molar-refractivity contribution in [2.75, 3.05) is 0 Å². The molecule has 0 aliphatic carbocycles. The third-order valence-corrected chi connectivity index (χ3v) is 2.66. The van der Waals surface area contributed by atoms with Gasteiger partial charge in [0.2, 0.25) is 0 Å². The summed E-state index contributed by atoms with van der Waals surface area (Å²) >= 11 is 9.02. The zero-order chi connectivity index (χ0) is 8.72. The molecule has 3 nitrogen and oxygen atoms in total. The molecule has 2 rings (SSSR count). The Hall–Kier alpha value is -0.610. The number of aromatic nitrogens is 1. The number of nitrogens with zero attached hydrogens (tertiary/aromatic N) is 1. The molecule has 0 bridgehead atoms. The Bertz CT molecular complexity index is 367. The van der Waals surface area contributed by atoms with Crippen LogP contribution < -0.4 is 5.32 Å². The van der Waals surface area contributed by atoms with Gasteiger partial charge in [-0.3, -0.25) is 4.79 Å². The molecule has 0 atom stereocenters. The van der Waals surface area contributed by atoms with Gasteiger partial charge in [-0.15, -0.1) is 0 Å². The topological polar surface area (TPSA) is 42.0 Å². The van der Waals surface area contributed by atoms with Crippen LogP contribution in [0.25, 0.3) is 0 Å². The third-order valence-electron chi connectivity index (χ3n) is 1.73. The number of fused-ring (bicyclic) bond motifs is 1. The molecule has 1 N–H and O–H groups in total. The van der Waals surface area contributed by atoms with E-state index in [2.05, 4.69) is 26.2 Å². The molecule has 1 amide bonds. The predicted molar refractivity (Wildman–Crippen MR) is 48.1 cm³/mol. The molecule has 12 heavy (non-hydrogen) atoms. The van der Waals surface area contributed by atoms with E-state index in [-0.39, 0.29) is 5.91 Å². The maximum Gasteiger partial charge on any atom is 0.253 e. The molecule has 1 aliphatic heterocycles. The SMILES string of the molecule is O=C1NCc2c(Cl)ncc(Br)c21. The van der Waals surface area contributed by atoms with Crippen molar-refractivity contribution in [3.8, 4) is 0 Å². The number of hydrogen-bond donors (Lipinski definition) is 1. The molecule has 0 saturated heterocycles. The van der Waals surface area contributed by atoms with Crippen molar-refractivity contribution >= 4 is 33.4 Å². The van der Waals surface area contributed by atoms with E-state index in [1.54, 1.807) is 0 Å². The molecule has 0 spiro atoms. The number of rotatable bonds is 0. The molecular weight excluding hydrogens is 243 g/mol. The number of nitrogens with one attached hydrogen (secondary N) is 1. The number of hydrogen-bond acceptors (Lipinski definition) is 2. The number of halogens is 2. The first kappa shape index (κ1) is 8.01. The van der Waals surface area contributed by atoms with E-state index < -0.39 is 0 Å². The van der Waals surface area contributed by atoms with E-state index in [4.69, 9.17) is 11.6 Å². The molecule has 1 aliphatic rings. The standard InChI is InChI=1S/C7H4BrClN2O/c8-4-2-10-6(9)3-1-11-7(12)5(3)4/h2H,1H2,(H,11,12). The smallest absolute Gasteiger partial charge is 0.253 e. The van der Waals surface area contributed by atoms with E-state index in [1.807, 2.05) is 0 Å². The zero-order valence-electron chi connectivity index (χ0n) is 5.90. The normalized spacial score (nSPS) is 14.3. The Morgan fingerprint density at radius 3 is 3.08 bits per heavy atom. The summed E-state index contributed by atoms with van der Waals surface area (Å²) in [6.45, 7) is 0.472. The van der Waals surface area contributed by atoms with Crippen molar-refractivity contribution in [3.63, 3.8) is 0 Å². The molecule has 2 heterocycles. The van der Waals surface area contributed by atoms with Crippen molar-refractivity contribution in [1.82, 2.24) is 10.3 Å². The van der Waals surface area contributed by atoms with E-state index in [9.17, 15) is 4.79 Å². The van der Waals surface area contributed by atoms with Crippen LogP contribution in [-0.4, -0.2) is 10.9 Å². The van der Waals surface area contributed by atoms with Gasteiger partial charge >= 0.3 is 0 Å². The number of pyridine rings is 1. The monoisotopic (exact) mass is 246 g/mol. The summed E-state index contributed by atoms with van der Waals surface area (Å²) in [6, 6.07) is 0. The molecule has 0 unspecified atom stereocenters. The summed E-state index contributed by atoms with van der Waals surface area (Å²) in [4.78, 5) is 15.1. The molecule has 5 heteroatoms. The summed E-state index contributed by atoms with van der Waals surface area (Å²) < 4.78 is 0.692. The molecule has 0 saturated carbocycles. The average molecular weight is 247 g/mol. The van der Waals surface area contributed by atoms with Gasteiger partial charge in [0.1, 0.15) is 5.15 Å². The largest absolute Gasteiger partial charge is 0.348 e. The highest BCUT2D eigenvalue weighted by molar-refractivity contribution is 9.10. The van der Waals surface area contributed by atoms with Crippen LogP contribution in [0.5, 0.6) is 0 Å². The highest BCUT2D eigenvalue weighted by Crippen LogP contribution is 2.28. The predicted octanol–water partition coefficient (Wildman–Crippen LogP) is 1.74. The fourth-order valence-corrected chi connectivity index (χ4v) is 1.90. The minimum Gasteiger partial charge on any atom is -0.348 e. The van der Waals surface area contributed by atoms with Gasteiger partial charge in [-0.2, -0.15) is 0 Å². The van der Waals surface area contributed by atoms with Crippen LogP contribution in [0.1, 0.15) is 15.9 Å². The summed E-state index contributed by atoms with van der Waals surface area (Å²) in [5.41, 5.74) is 1.38. The number of carbonyl (C=O) groups excluding carboxylic acids is 1. The van der Waals surface area contributed by atoms with E-state index in [0.29, 0.717) is 21.7 Å². The van der Waals surface area contributed by atoms with E-state index in [1.165, 1.54) is 6.20 Å². The van der Waals surface area contributed by atoms with Gasteiger partial charge in [-0.25, -0.2) is 4.98 Å². The number of amides is 1. The lowest BCUT2D eigenvalue weighted by Gasteiger charge is -1.99. The molecule has 0 aromatic carbocycles. The average Bonchev–Trinajstić information content (AvgIpc) is 2.42. The van der Waals surface area contributed by atoms with Crippen LogP contribution in [0.15, 0.2) is 10.7 Å². The molecule has 62 valence electrons. The Kier molecular flexibility index (Phi) is 1.81. The van der Waals surface area contributed by atoms with Gasteiger partial charge in [0, 0.05) is 22.8 Å². The molecule has 0 fully saturated rings. The van der Waals surface area contributed by atoms with Crippen molar-refractivity contribution in [2.45, 2.75) is 6.54 Å². The quantitative estimate of drug-likeness (QED) is 0.710. The lowest BCUT2D eigenvalue weighted by atomic mass is 10.2. The van der Waals surface area contributed by atoms with Crippen LogP contribution in [0, 0.1) is 0 Å². The molecule has 1 aromatic rings. The second-order valence-electron chi connectivity index (χ2n) is 2.43. The Morgan fingerprint density at radius 1 is 1.67 bits per heavy atom. The van der Waals surface area contributed by atoms with Crippen LogP contribution in [0.3, 0.4) is 0 Å². The highest BCUT2D eigenvalue weighted by atomic mass is 79.9. The number of carbonyl (C=O) groups is 1. The first-order valence-electron chi connectivity index (χ1n) is 3.31.